The number of benzene rings is 1. The van der Waals surface area contributed by atoms with Crippen molar-refractivity contribution >= 4 is 5.95 Å². The Morgan fingerprint density at radius 2 is 2.11 bits per heavy atom. The maximum atomic E-state index is 12.5. The summed E-state index contributed by atoms with van der Waals surface area (Å²) in [5.41, 5.74) is 2.04. The van der Waals surface area contributed by atoms with Crippen molar-refractivity contribution in [2.24, 2.45) is 7.05 Å². The van der Waals surface area contributed by atoms with Crippen molar-refractivity contribution < 1.29 is 9.47 Å². The van der Waals surface area contributed by atoms with Crippen LogP contribution in [0.25, 0.3) is 11.4 Å². The minimum absolute atomic E-state index is 0.136. The molecular weight excluding hydrogens is 358 g/mol. The Labute approximate surface area is 162 Å². The van der Waals surface area contributed by atoms with Gasteiger partial charge < -0.3 is 14.4 Å². The van der Waals surface area contributed by atoms with E-state index in [4.69, 9.17) is 14.5 Å². The third-order valence-corrected chi connectivity index (χ3v) is 4.77. The molecule has 0 radical (unpaired) electrons. The summed E-state index contributed by atoms with van der Waals surface area (Å²) in [6.45, 7) is 1.77. The average molecular weight is 379 g/mol. The predicted octanol–water partition coefficient (Wildman–Crippen LogP) is 1.82. The van der Waals surface area contributed by atoms with E-state index in [9.17, 15) is 4.79 Å². The van der Waals surface area contributed by atoms with E-state index in [0.29, 0.717) is 37.0 Å². The molecule has 1 aromatic carbocycles. The molecule has 8 heteroatoms. The van der Waals surface area contributed by atoms with E-state index < -0.39 is 0 Å². The lowest BCUT2D eigenvalue weighted by molar-refractivity contribution is 0.0388. The van der Waals surface area contributed by atoms with Gasteiger partial charge in [0.05, 0.1) is 31.6 Å². The summed E-state index contributed by atoms with van der Waals surface area (Å²) in [5.74, 6) is 1.38. The second kappa shape index (κ2) is 7.77. The molecule has 1 atom stereocenters. The molecule has 0 saturated carbocycles. The molecule has 0 bridgehead atoms. The Kier molecular flexibility index (Phi) is 5.03. The Bertz CT molecular complexity index is 1020. The number of morpholine rings is 1. The SMILES string of the molecule is COc1cccc([C@@H]2CN(c3nc(-c4ccncn4)cc(=O)n3C)CCO2)c1. The summed E-state index contributed by atoms with van der Waals surface area (Å²) in [6.07, 6.45) is 2.94. The molecule has 1 saturated heterocycles. The number of ether oxygens (including phenoxy) is 2. The van der Waals surface area contributed by atoms with Crippen LogP contribution in [0.5, 0.6) is 5.75 Å². The highest BCUT2D eigenvalue weighted by molar-refractivity contribution is 5.55. The van der Waals surface area contributed by atoms with Crippen molar-refractivity contribution in [2.45, 2.75) is 6.10 Å². The molecule has 0 spiro atoms. The molecule has 28 heavy (non-hydrogen) atoms. The summed E-state index contributed by atoms with van der Waals surface area (Å²) in [6, 6.07) is 11.1. The van der Waals surface area contributed by atoms with Crippen LogP contribution in [0.15, 0.2) is 53.7 Å². The molecular formula is C20H21N5O3. The van der Waals surface area contributed by atoms with Crippen molar-refractivity contribution in [1.82, 2.24) is 19.5 Å². The minimum Gasteiger partial charge on any atom is -0.497 e. The summed E-state index contributed by atoms with van der Waals surface area (Å²) >= 11 is 0. The third-order valence-electron chi connectivity index (χ3n) is 4.77. The molecule has 0 N–H and O–H groups in total. The van der Waals surface area contributed by atoms with Crippen LogP contribution in [0.4, 0.5) is 5.95 Å². The van der Waals surface area contributed by atoms with Gasteiger partial charge in [-0.05, 0) is 23.8 Å². The fourth-order valence-corrected chi connectivity index (χ4v) is 3.26. The molecule has 0 unspecified atom stereocenters. The van der Waals surface area contributed by atoms with Gasteiger partial charge in [0.2, 0.25) is 5.95 Å². The molecule has 3 heterocycles. The van der Waals surface area contributed by atoms with Crippen LogP contribution in [-0.2, 0) is 11.8 Å². The lowest BCUT2D eigenvalue weighted by Gasteiger charge is -2.34. The first kappa shape index (κ1) is 18.1. The van der Waals surface area contributed by atoms with E-state index in [0.717, 1.165) is 11.3 Å². The largest absolute Gasteiger partial charge is 0.497 e. The van der Waals surface area contributed by atoms with Crippen molar-refractivity contribution in [3.63, 3.8) is 0 Å². The molecule has 144 valence electrons. The Morgan fingerprint density at radius 1 is 1.21 bits per heavy atom. The van der Waals surface area contributed by atoms with Crippen LogP contribution >= 0.6 is 0 Å². The monoisotopic (exact) mass is 379 g/mol. The fraction of sp³-hybridized carbons (Fsp3) is 0.300. The molecule has 3 aromatic rings. The Balaban J connectivity index is 1.66. The molecule has 4 rings (SSSR count). The average Bonchev–Trinajstić information content (AvgIpc) is 2.76. The molecule has 2 aromatic heterocycles. The van der Waals surface area contributed by atoms with Crippen LogP contribution in [0.3, 0.4) is 0 Å². The first-order valence-corrected chi connectivity index (χ1v) is 9.00. The summed E-state index contributed by atoms with van der Waals surface area (Å²) in [4.78, 5) is 27.4. The highest BCUT2D eigenvalue weighted by Crippen LogP contribution is 2.27. The van der Waals surface area contributed by atoms with Crippen molar-refractivity contribution in [3.8, 4) is 17.1 Å². The number of rotatable bonds is 4. The van der Waals surface area contributed by atoms with E-state index >= 15 is 0 Å². The van der Waals surface area contributed by atoms with Gasteiger partial charge in [0.15, 0.2) is 0 Å². The van der Waals surface area contributed by atoms with Gasteiger partial charge >= 0.3 is 0 Å². The van der Waals surface area contributed by atoms with Gasteiger partial charge in [0.25, 0.3) is 5.56 Å². The number of anilines is 1. The quantitative estimate of drug-likeness (QED) is 0.684. The summed E-state index contributed by atoms with van der Waals surface area (Å²) in [5, 5.41) is 0. The molecule has 0 aliphatic carbocycles. The summed E-state index contributed by atoms with van der Waals surface area (Å²) < 4.78 is 12.8. The summed E-state index contributed by atoms with van der Waals surface area (Å²) in [7, 11) is 3.37. The smallest absolute Gasteiger partial charge is 0.255 e. The number of hydrogen-bond donors (Lipinski definition) is 0. The normalized spacial score (nSPS) is 16.8. The molecule has 8 nitrogen and oxygen atoms in total. The molecule has 1 fully saturated rings. The lowest BCUT2D eigenvalue weighted by atomic mass is 10.1. The van der Waals surface area contributed by atoms with Gasteiger partial charge in [0, 0.05) is 25.9 Å². The minimum atomic E-state index is -0.136. The maximum Gasteiger partial charge on any atom is 0.255 e. The molecule has 0 amide bonds. The van der Waals surface area contributed by atoms with Crippen LogP contribution in [0.2, 0.25) is 0 Å². The number of aromatic nitrogens is 4. The second-order valence-corrected chi connectivity index (χ2v) is 6.52. The van der Waals surface area contributed by atoms with Crippen LogP contribution in [0.1, 0.15) is 11.7 Å². The van der Waals surface area contributed by atoms with Crippen LogP contribution in [0, 0.1) is 0 Å². The first-order valence-electron chi connectivity index (χ1n) is 9.00. The zero-order valence-corrected chi connectivity index (χ0v) is 15.8. The van der Waals surface area contributed by atoms with Crippen LogP contribution < -0.4 is 15.2 Å². The maximum absolute atomic E-state index is 12.5. The Hall–Kier alpha value is -3.26. The van der Waals surface area contributed by atoms with Crippen LogP contribution in [-0.4, -0.2) is 46.3 Å². The van der Waals surface area contributed by atoms with Gasteiger partial charge in [-0.2, -0.15) is 0 Å². The lowest BCUT2D eigenvalue weighted by Crippen LogP contribution is -2.41. The third kappa shape index (κ3) is 3.59. The van der Waals surface area contributed by atoms with E-state index in [1.165, 1.54) is 12.4 Å². The van der Waals surface area contributed by atoms with E-state index in [2.05, 4.69) is 14.9 Å². The van der Waals surface area contributed by atoms with E-state index in [1.54, 1.807) is 31.0 Å². The van der Waals surface area contributed by atoms with Crippen molar-refractivity contribution in [2.75, 3.05) is 31.7 Å². The fourth-order valence-electron chi connectivity index (χ4n) is 3.26. The predicted molar refractivity (Wildman–Crippen MR) is 104 cm³/mol. The topological polar surface area (TPSA) is 82.4 Å². The van der Waals surface area contributed by atoms with Crippen molar-refractivity contribution in [3.05, 3.63) is 64.8 Å². The first-order chi connectivity index (χ1) is 13.7. The zero-order chi connectivity index (χ0) is 19.5. The van der Waals surface area contributed by atoms with Gasteiger partial charge in [-0.1, -0.05) is 12.1 Å². The van der Waals surface area contributed by atoms with Crippen molar-refractivity contribution in [1.29, 1.82) is 0 Å². The highest BCUT2D eigenvalue weighted by Gasteiger charge is 2.25. The van der Waals surface area contributed by atoms with Gasteiger partial charge in [0.1, 0.15) is 18.2 Å². The second-order valence-electron chi connectivity index (χ2n) is 6.52. The van der Waals surface area contributed by atoms with Gasteiger partial charge in [-0.3, -0.25) is 9.36 Å². The molecule has 1 aliphatic heterocycles. The zero-order valence-electron chi connectivity index (χ0n) is 15.8. The van der Waals surface area contributed by atoms with E-state index in [-0.39, 0.29) is 11.7 Å². The standard InChI is InChI=1S/C20H21N5O3/c1-24-19(26)11-17(16-6-7-21-13-22-16)23-20(24)25-8-9-28-18(12-25)14-4-3-5-15(10-14)27-2/h3-7,10-11,13,18H,8-9,12H2,1-2H3/t18-/m0/s1. The Morgan fingerprint density at radius 3 is 2.89 bits per heavy atom. The number of hydrogen-bond acceptors (Lipinski definition) is 7. The number of methoxy groups -OCH3 is 1. The van der Waals surface area contributed by atoms with Gasteiger partial charge in [-0.15, -0.1) is 0 Å². The highest BCUT2D eigenvalue weighted by atomic mass is 16.5. The van der Waals surface area contributed by atoms with Gasteiger partial charge in [-0.25, -0.2) is 15.0 Å². The number of nitrogens with zero attached hydrogens (tertiary/aromatic N) is 5. The van der Waals surface area contributed by atoms with E-state index in [1.807, 2.05) is 24.3 Å². The molecule has 1 aliphatic rings.